The molecule has 2 heterocycles. The van der Waals surface area contributed by atoms with Crippen LogP contribution in [0.5, 0.6) is 0 Å². The summed E-state index contributed by atoms with van der Waals surface area (Å²) in [5, 5.41) is 9.07. The lowest BCUT2D eigenvalue weighted by Gasteiger charge is -2.17. The summed E-state index contributed by atoms with van der Waals surface area (Å²) in [6.45, 7) is 3.39. The molecule has 1 saturated heterocycles. The van der Waals surface area contributed by atoms with Crippen molar-refractivity contribution < 1.29 is 9.90 Å². The van der Waals surface area contributed by atoms with Crippen LogP contribution in [0.3, 0.4) is 0 Å². The molecular formula is C13H18N2O2. The van der Waals surface area contributed by atoms with Crippen molar-refractivity contribution in [1.82, 2.24) is 9.88 Å². The van der Waals surface area contributed by atoms with Crippen molar-refractivity contribution in [3.05, 3.63) is 29.6 Å². The molecule has 1 amide bonds. The van der Waals surface area contributed by atoms with E-state index in [1.807, 2.05) is 12.1 Å². The molecule has 0 saturated carbocycles. The standard InChI is InChI=1S/C13H18N2O2/c1-2-11-4-3-5-14-12(11)8-15-7-10(9-16)6-13(15)17/h3-5,10,16H,2,6-9H2,1H3. The average molecular weight is 234 g/mol. The topological polar surface area (TPSA) is 53.4 Å². The molecule has 1 fully saturated rings. The molecule has 0 aromatic carbocycles. The molecule has 1 aromatic rings. The summed E-state index contributed by atoms with van der Waals surface area (Å²) in [5.74, 6) is 0.216. The fraction of sp³-hybridized carbons (Fsp3) is 0.538. The highest BCUT2D eigenvalue weighted by atomic mass is 16.3. The van der Waals surface area contributed by atoms with Crippen molar-refractivity contribution >= 4 is 5.91 Å². The number of likely N-dealkylation sites (tertiary alicyclic amines) is 1. The van der Waals surface area contributed by atoms with E-state index in [0.29, 0.717) is 19.5 Å². The first-order valence-electron chi connectivity index (χ1n) is 6.06. The minimum Gasteiger partial charge on any atom is -0.396 e. The maximum absolute atomic E-state index is 11.7. The van der Waals surface area contributed by atoms with Crippen LogP contribution in [0.4, 0.5) is 0 Å². The van der Waals surface area contributed by atoms with Gasteiger partial charge in [-0.15, -0.1) is 0 Å². The first kappa shape index (κ1) is 12.0. The number of carbonyl (C=O) groups is 1. The number of rotatable bonds is 4. The van der Waals surface area contributed by atoms with Crippen LogP contribution < -0.4 is 0 Å². The molecule has 1 aliphatic heterocycles. The van der Waals surface area contributed by atoms with E-state index in [2.05, 4.69) is 11.9 Å². The van der Waals surface area contributed by atoms with Crippen LogP contribution in [0.25, 0.3) is 0 Å². The quantitative estimate of drug-likeness (QED) is 0.845. The molecular weight excluding hydrogens is 216 g/mol. The second-order valence-corrected chi connectivity index (χ2v) is 4.49. The van der Waals surface area contributed by atoms with Crippen molar-refractivity contribution in [2.75, 3.05) is 13.2 Å². The molecule has 0 bridgehead atoms. The molecule has 0 aliphatic carbocycles. The van der Waals surface area contributed by atoms with Gasteiger partial charge in [-0.2, -0.15) is 0 Å². The van der Waals surface area contributed by atoms with E-state index in [-0.39, 0.29) is 18.4 Å². The van der Waals surface area contributed by atoms with Crippen molar-refractivity contribution in [1.29, 1.82) is 0 Å². The molecule has 4 heteroatoms. The van der Waals surface area contributed by atoms with E-state index >= 15 is 0 Å². The maximum atomic E-state index is 11.7. The van der Waals surface area contributed by atoms with Crippen molar-refractivity contribution in [3.63, 3.8) is 0 Å². The zero-order valence-corrected chi connectivity index (χ0v) is 10.1. The first-order valence-corrected chi connectivity index (χ1v) is 6.06. The molecule has 1 aliphatic rings. The lowest BCUT2D eigenvalue weighted by molar-refractivity contribution is -0.128. The van der Waals surface area contributed by atoms with E-state index in [0.717, 1.165) is 12.1 Å². The van der Waals surface area contributed by atoms with E-state index in [1.54, 1.807) is 11.1 Å². The van der Waals surface area contributed by atoms with Gasteiger partial charge in [0.25, 0.3) is 0 Å². The fourth-order valence-electron chi connectivity index (χ4n) is 2.25. The summed E-state index contributed by atoms with van der Waals surface area (Å²) < 4.78 is 0. The normalized spacial score (nSPS) is 20.0. The van der Waals surface area contributed by atoms with Gasteiger partial charge in [-0.05, 0) is 18.1 Å². The number of amides is 1. The summed E-state index contributed by atoms with van der Waals surface area (Å²) in [5.41, 5.74) is 2.16. The van der Waals surface area contributed by atoms with Gasteiger partial charge in [0.1, 0.15) is 0 Å². The Bertz CT molecular complexity index is 406. The molecule has 2 rings (SSSR count). The van der Waals surface area contributed by atoms with Gasteiger partial charge in [0.15, 0.2) is 0 Å². The molecule has 17 heavy (non-hydrogen) atoms. The Kier molecular flexibility index (Phi) is 3.74. The van der Waals surface area contributed by atoms with Gasteiger partial charge in [-0.3, -0.25) is 9.78 Å². The van der Waals surface area contributed by atoms with Crippen LogP contribution >= 0.6 is 0 Å². The van der Waals surface area contributed by atoms with Crippen LogP contribution in [-0.4, -0.2) is 34.0 Å². The second-order valence-electron chi connectivity index (χ2n) is 4.49. The average Bonchev–Trinajstić information content (AvgIpc) is 2.71. The highest BCUT2D eigenvalue weighted by Gasteiger charge is 2.29. The number of hydrogen-bond acceptors (Lipinski definition) is 3. The largest absolute Gasteiger partial charge is 0.396 e. The van der Waals surface area contributed by atoms with E-state index in [4.69, 9.17) is 5.11 Å². The first-order chi connectivity index (χ1) is 8.24. The third kappa shape index (κ3) is 2.64. The van der Waals surface area contributed by atoms with Crippen LogP contribution in [0.15, 0.2) is 18.3 Å². The molecule has 92 valence electrons. The predicted molar refractivity (Wildman–Crippen MR) is 64.2 cm³/mol. The van der Waals surface area contributed by atoms with Crippen LogP contribution in [0.1, 0.15) is 24.6 Å². The van der Waals surface area contributed by atoms with Gasteiger partial charge in [0, 0.05) is 31.7 Å². The Hall–Kier alpha value is -1.42. The summed E-state index contributed by atoms with van der Waals surface area (Å²) in [6, 6.07) is 3.97. The number of aryl methyl sites for hydroxylation is 1. The van der Waals surface area contributed by atoms with Crippen LogP contribution in [-0.2, 0) is 17.8 Å². The second kappa shape index (κ2) is 5.27. The minimum absolute atomic E-state index is 0.0884. The lowest BCUT2D eigenvalue weighted by atomic mass is 10.1. The number of carbonyl (C=O) groups excluding carboxylic acids is 1. The van der Waals surface area contributed by atoms with Gasteiger partial charge < -0.3 is 10.0 Å². The number of aliphatic hydroxyl groups excluding tert-OH is 1. The summed E-state index contributed by atoms with van der Waals surface area (Å²) in [7, 11) is 0. The Labute approximate surface area is 101 Å². The van der Waals surface area contributed by atoms with Gasteiger partial charge in [-0.1, -0.05) is 13.0 Å². The van der Waals surface area contributed by atoms with E-state index in [1.165, 1.54) is 5.56 Å². The lowest BCUT2D eigenvalue weighted by Crippen LogP contribution is -2.26. The van der Waals surface area contributed by atoms with Gasteiger partial charge in [-0.25, -0.2) is 0 Å². The summed E-state index contributed by atoms with van der Waals surface area (Å²) in [6.07, 6.45) is 3.15. The Balaban J connectivity index is 2.08. The third-order valence-corrected chi connectivity index (χ3v) is 3.26. The van der Waals surface area contributed by atoms with Crippen molar-refractivity contribution in [2.45, 2.75) is 26.3 Å². The van der Waals surface area contributed by atoms with E-state index < -0.39 is 0 Å². The van der Waals surface area contributed by atoms with Gasteiger partial charge in [0.2, 0.25) is 5.91 Å². The van der Waals surface area contributed by atoms with E-state index in [9.17, 15) is 4.79 Å². The number of aromatic nitrogens is 1. The summed E-state index contributed by atoms with van der Waals surface area (Å²) >= 11 is 0. The Morgan fingerprint density at radius 2 is 2.41 bits per heavy atom. The molecule has 4 nitrogen and oxygen atoms in total. The molecule has 1 atom stereocenters. The molecule has 0 spiro atoms. The SMILES string of the molecule is CCc1cccnc1CN1CC(CO)CC1=O. The molecule has 1 N–H and O–H groups in total. The smallest absolute Gasteiger partial charge is 0.223 e. The molecule has 0 radical (unpaired) electrons. The van der Waals surface area contributed by atoms with Crippen LogP contribution in [0, 0.1) is 5.92 Å². The fourth-order valence-corrected chi connectivity index (χ4v) is 2.25. The monoisotopic (exact) mass is 234 g/mol. The summed E-state index contributed by atoms with van der Waals surface area (Å²) in [4.78, 5) is 17.9. The highest BCUT2D eigenvalue weighted by molar-refractivity contribution is 5.78. The van der Waals surface area contributed by atoms with Crippen LogP contribution in [0.2, 0.25) is 0 Å². The minimum atomic E-state index is 0.0884. The number of pyridine rings is 1. The van der Waals surface area contributed by atoms with Gasteiger partial charge in [0.05, 0.1) is 12.2 Å². The Morgan fingerprint density at radius 3 is 3.06 bits per heavy atom. The zero-order valence-electron chi connectivity index (χ0n) is 10.1. The van der Waals surface area contributed by atoms with Crippen molar-refractivity contribution in [3.8, 4) is 0 Å². The zero-order chi connectivity index (χ0) is 12.3. The van der Waals surface area contributed by atoms with Crippen molar-refractivity contribution in [2.24, 2.45) is 5.92 Å². The van der Waals surface area contributed by atoms with Gasteiger partial charge >= 0.3 is 0 Å². The predicted octanol–water partition coefficient (Wildman–Crippen LogP) is 0.985. The third-order valence-electron chi connectivity index (χ3n) is 3.26. The number of aliphatic hydroxyl groups is 1. The molecule has 1 unspecified atom stereocenters. The number of nitrogens with zero attached hydrogens (tertiary/aromatic N) is 2. The number of hydrogen-bond donors (Lipinski definition) is 1. The maximum Gasteiger partial charge on any atom is 0.223 e. The highest BCUT2D eigenvalue weighted by Crippen LogP contribution is 2.20. The molecule has 1 aromatic heterocycles. The Morgan fingerprint density at radius 1 is 1.59 bits per heavy atom.